The molecule has 2 rings (SSSR count). The Morgan fingerprint density at radius 2 is 1.67 bits per heavy atom. The SMILES string of the molecule is CC[C@H](C)C(=O)N1CCN(c2ccc(C(C)=O)cc2)CC1. The van der Waals surface area contributed by atoms with Crippen LogP contribution in [0.1, 0.15) is 37.6 Å². The second-order valence-corrected chi connectivity index (χ2v) is 5.72. The molecule has 0 spiro atoms. The molecule has 21 heavy (non-hydrogen) atoms. The minimum atomic E-state index is 0.0884. The van der Waals surface area contributed by atoms with Gasteiger partial charge in [0.1, 0.15) is 0 Å². The molecule has 4 nitrogen and oxygen atoms in total. The summed E-state index contributed by atoms with van der Waals surface area (Å²) in [4.78, 5) is 27.7. The van der Waals surface area contributed by atoms with Crippen molar-refractivity contribution in [2.45, 2.75) is 27.2 Å². The minimum Gasteiger partial charge on any atom is -0.368 e. The van der Waals surface area contributed by atoms with Crippen LogP contribution >= 0.6 is 0 Å². The van der Waals surface area contributed by atoms with E-state index in [1.54, 1.807) is 6.92 Å². The smallest absolute Gasteiger partial charge is 0.225 e. The molecule has 1 atom stereocenters. The van der Waals surface area contributed by atoms with E-state index >= 15 is 0 Å². The van der Waals surface area contributed by atoms with Crippen molar-refractivity contribution in [3.8, 4) is 0 Å². The summed E-state index contributed by atoms with van der Waals surface area (Å²) in [5, 5.41) is 0. The Labute approximate surface area is 126 Å². The summed E-state index contributed by atoms with van der Waals surface area (Å²) in [6.07, 6.45) is 0.894. The molecule has 1 heterocycles. The molecule has 0 unspecified atom stereocenters. The Balaban J connectivity index is 1.94. The average Bonchev–Trinajstić information content (AvgIpc) is 2.53. The predicted octanol–water partition coefficient (Wildman–Crippen LogP) is 2.58. The van der Waals surface area contributed by atoms with Crippen LogP contribution in [0.5, 0.6) is 0 Å². The maximum Gasteiger partial charge on any atom is 0.225 e. The van der Waals surface area contributed by atoms with Crippen LogP contribution in [0.15, 0.2) is 24.3 Å². The molecule has 1 fully saturated rings. The first-order chi connectivity index (χ1) is 10.0. The Bertz CT molecular complexity index is 502. The van der Waals surface area contributed by atoms with Gasteiger partial charge in [-0.15, -0.1) is 0 Å². The van der Waals surface area contributed by atoms with Gasteiger partial charge in [0.15, 0.2) is 5.78 Å². The van der Waals surface area contributed by atoms with Gasteiger partial charge in [-0.25, -0.2) is 0 Å². The molecule has 1 amide bonds. The summed E-state index contributed by atoms with van der Waals surface area (Å²) in [6.45, 7) is 8.87. The number of ketones is 1. The summed E-state index contributed by atoms with van der Waals surface area (Å²) >= 11 is 0. The van der Waals surface area contributed by atoms with Gasteiger partial charge in [-0.1, -0.05) is 13.8 Å². The van der Waals surface area contributed by atoms with E-state index in [1.165, 1.54) is 0 Å². The number of hydrogen-bond acceptors (Lipinski definition) is 3. The number of benzene rings is 1. The fraction of sp³-hybridized carbons (Fsp3) is 0.529. The van der Waals surface area contributed by atoms with Gasteiger partial charge in [0, 0.05) is 43.3 Å². The first-order valence-electron chi connectivity index (χ1n) is 7.67. The number of rotatable bonds is 4. The number of carbonyl (C=O) groups excluding carboxylic acids is 2. The van der Waals surface area contributed by atoms with Gasteiger partial charge in [0.05, 0.1) is 0 Å². The summed E-state index contributed by atoms with van der Waals surface area (Å²) in [5.74, 6) is 0.473. The van der Waals surface area contributed by atoms with Gasteiger partial charge in [-0.2, -0.15) is 0 Å². The van der Waals surface area contributed by atoms with E-state index in [4.69, 9.17) is 0 Å². The van der Waals surface area contributed by atoms with Crippen molar-refractivity contribution in [1.82, 2.24) is 4.90 Å². The molecule has 1 saturated heterocycles. The van der Waals surface area contributed by atoms with Gasteiger partial charge in [-0.05, 0) is 37.6 Å². The highest BCUT2D eigenvalue weighted by atomic mass is 16.2. The maximum absolute atomic E-state index is 12.2. The van der Waals surface area contributed by atoms with Crippen LogP contribution in [-0.2, 0) is 4.79 Å². The summed E-state index contributed by atoms with van der Waals surface area (Å²) in [7, 11) is 0. The number of amides is 1. The first-order valence-corrected chi connectivity index (χ1v) is 7.67. The molecular weight excluding hydrogens is 264 g/mol. The van der Waals surface area contributed by atoms with E-state index < -0.39 is 0 Å². The number of anilines is 1. The molecule has 0 aliphatic carbocycles. The molecule has 1 aliphatic heterocycles. The molecule has 0 aromatic heterocycles. The van der Waals surface area contributed by atoms with Crippen molar-refractivity contribution in [2.24, 2.45) is 5.92 Å². The van der Waals surface area contributed by atoms with Crippen LogP contribution in [0.2, 0.25) is 0 Å². The Morgan fingerprint density at radius 1 is 1.10 bits per heavy atom. The first kappa shape index (κ1) is 15.5. The minimum absolute atomic E-state index is 0.0884. The van der Waals surface area contributed by atoms with E-state index in [0.717, 1.165) is 43.9 Å². The van der Waals surface area contributed by atoms with Gasteiger partial charge >= 0.3 is 0 Å². The molecule has 4 heteroatoms. The molecule has 1 aromatic rings. The standard InChI is InChI=1S/C17H24N2O2/c1-4-13(2)17(21)19-11-9-18(10-12-19)16-7-5-15(6-8-16)14(3)20/h5-8,13H,4,9-12H2,1-3H3/t13-/m0/s1. The largest absolute Gasteiger partial charge is 0.368 e. The lowest BCUT2D eigenvalue weighted by Gasteiger charge is -2.37. The number of Topliss-reactive ketones (excluding diaryl/α,β-unsaturated/α-hetero) is 1. The van der Waals surface area contributed by atoms with Crippen LogP contribution in [0.25, 0.3) is 0 Å². The monoisotopic (exact) mass is 288 g/mol. The van der Waals surface area contributed by atoms with Gasteiger partial charge in [0.2, 0.25) is 5.91 Å². The zero-order valence-corrected chi connectivity index (χ0v) is 13.1. The molecule has 0 radical (unpaired) electrons. The second-order valence-electron chi connectivity index (χ2n) is 5.72. The maximum atomic E-state index is 12.2. The lowest BCUT2D eigenvalue weighted by atomic mass is 10.1. The normalized spacial score (nSPS) is 16.7. The summed E-state index contributed by atoms with van der Waals surface area (Å²) < 4.78 is 0. The zero-order valence-electron chi connectivity index (χ0n) is 13.1. The fourth-order valence-electron chi connectivity index (χ4n) is 2.58. The van der Waals surface area contributed by atoms with Crippen molar-refractivity contribution in [3.63, 3.8) is 0 Å². The lowest BCUT2D eigenvalue weighted by Crippen LogP contribution is -2.50. The van der Waals surface area contributed by atoms with E-state index in [2.05, 4.69) is 11.8 Å². The van der Waals surface area contributed by atoms with Crippen LogP contribution < -0.4 is 4.90 Å². The van der Waals surface area contributed by atoms with Gasteiger partial charge < -0.3 is 9.80 Å². The Morgan fingerprint density at radius 3 is 2.14 bits per heavy atom. The number of piperazine rings is 1. The highest BCUT2D eigenvalue weighted by molar-refractivity contribution is 5.94. The zero-order chi connectivity index (χ0) is 15.4. The summed E-state index contributed by atoms with van der Waals surface area (Å²) in [6, 6.07) is 7.72. The van der Waals surface area contributed by atoms with Crippen molar-refractivity contribution in [3.05, 3.63) is 29.8 Å². The third kappa shape index (κ3) is 3.63. The third-order valence-electron chi connectivity index (χ3n) is 4.26. The number of nitrogens with zero attached hydrogens (tertiary/aromatic N) is 2. The second kappa shape index (κ2) is 6.74. The predicted molar refractivity (Wildman–Crippen MR) is 84.7 cm³/mol. The van der Waals surface area contributed by atoms with Gasteiger partial charge in [-0.3, -0.25) is 9.59 Å². The Hall–Kier alpha value is -1.84. The molecule has 1 aliphatic rings. The number of hydrogen-bond donors (Lipinski definition) is 0. The van der Waals surface area contributed by atoms with E-state index in [1.807, 2.05) is 36.1 Å². The van der Waals surface area contributed by atoms with Crippen molar-refractivity contribution in [2.75, 3.05) is 31.1 Å². The van der Waals surface area contributed by atoms with E-state index in [-0.39, 0.29) is 17.6 Å². The van der Waals surface area contributed by atoms with Crippen LogP contribution in [-0.4, -0.2) is 42.8 Å². The Kier molecular flexibility index (Phi) is 4.99. The van der Waals surface area contributed by atoms with Gasteiger partial charge in [0.25, 0.3) is 0 Å². The van der Waals surface area contributed by atoms with E-state index in [0.29, 0.717) is 0 Å². The topological polar surface area (TPSA) is 40.6 Å². The highest BCUT2D eigenvalue weighted by Gasteiger charge is 2.24. The molecule has 1 aromatic carbocycles. The highest BCUT2D eigenvalue weighted by Crippen LogP contribution is 2.18. The van der Waals surface area contributed by atoms with E-state index in [9.17, 15) is 9.59 Å². The molecule has 0 bridgehead atoms. The van der Waals surface area contributed by atoms with Crippen LogP contribution in [0.4, 0.5) is 5.69 Å². The van der Waals surface area contributed by atoms with Crippen molar-refractivity contribution in [1.29, 1.82) is 0 Å². The fourth-order valence-corrected chi connectivity index (χ4v) is 2.58. The average molecular weight is 288 g/mol. The molecule has 114 valence electrons. The number of carbonyl (C=O) groups is 2. The molecule has 0 saturated carbocycles. The van der Waals surface area contributed by atoms with Crippen LogP contribution in [0, 0.1) is 5.92 Å². The summed E-state index contributed by atoms with van der Waals surface area (Å²) in [5.41, 5.74) is 1.86. The molecular formula is C17H24N2O2. The van der Waals surface area contributed by atoms with Crippen molar-refractivity contribution >= 4 is 17.4 Å². The molecule has 0 N–H and O–H groups in total. The quantitative estimate of drug-likeness (QED) is 0.800. The van der Waals surface area contributed by atoms with Crippen LogP contribution in [0.3, 0.4) is 0 Å². The third-order valence-corrected chi connectivity index (χ3v) is 4.26. The van der Waals surface area contributed by atoms with Crippen molar-refractivity contribution < 1.29 is 9.59 Å². The lowest BCUT2D eigenvalue weighted by molar-refractivity contribution is -0.135.